The second-order valence-electron chi connectivity index (χ2n) is 7.60. The van der Waals surface area contributed by atoms with E-state index in [9.17, 15) is 14.7 Å². The molecule has 0 bridgehead atoms. The maximum absolute atomic E-state index is 13.2. The number of hydrogen-bond acceptors (Lipinski definition) is 6. The zero-order chi connectivity index (χ0) is 23.4. The molecule has 8 heteroatoms. The first-order valence-electron chi connectivity index (χ1n) is 10.6. The number of amides is 1. The van der Waals surface area contributed by atoms with Gasteiger partial charge in [0.15, 0.2) is 11.5 Å². The van der Waals surface area contributed by atoms with Crippen LogP contribution in [-0.4, -0.2) is 52.0 Å². The average Bonchev–Trinajstić information content (AvgIpc) is 3.45. The third-order valence-corrected chi connectivity index (χ3v) is 5.69. The quantitative estimate of drug-likeness (QED) is 0.323. The lowest BCUT2D eigenvalue weighted by Crippen LogP contribution is -2.31. The van der Waals surface area contributed by atoms with Gasteiger partial charge >= 0.3 is 0 Å². The van der Waals surface area contributed by atoms with Crippen LogP contribution >= 0.6 is 0 Å². The number of carbonyl (C=O) groups excluding carboxylic acids is 2. The highest BCUT2D eigenvalue weighted by atomic mass is 16.5. The molecule has 1 aromatic heterocycles. The molecule has 1 N–H and O–H groups in total. The van der Waals surface area contributed by atoms with Gasteiger partial charge in [-0.3, -0.25) is 9.59 Å². The Morgan fingerprint density at radius 1 is 1.03 bits per heavy atom. The molecule has 1 saturated heterocycles. The molecule has 1 fully saturated rings. The maximum atomic E-state index is 13.2. The summed E-state index contributed by atoms with van der Waals surface area (Å²) in [5.41, 5.74) is 1.05. The van der Waals surface area contributed by atoms with Crippen molar-refractivity contribution >= 4 is 17.4 Å². The lowest BCUT2D eigenvalue weighted by Gasteiger charge is -2.27. The van der Waals surface area contributed by atoms with E-state index in [0.29, 0.717) is 42.1 Å². The molecule has 1 aliphatic heterocycles. The molecule has 0 spiro atoms. The summed E-state index contributed by atoms with van der Waals surface area (Å²) in [6, 6.07) is 13.2. The molecule has 0 radical (unpaired) electrons. The number of ketones is 1. The fraction of sp³-hybridized carbons (Fsp3) is 0.240. The van der Waals surface area contributed by atoms with Crippen molar-refractivity contribution in [3.05, 3.63) is 84.0 Å². The van der Waals surface area contributed by atoms with Gasteiger partial charge in [-0.25, -0.2) is 4.98 Å². The lowest BCUT2D eigenvalue weighted by molar-refractivity contribution is -0.140. The predicted octanol–water partition coefficient (Wildman–Crippen LogP) is 3.41. The number of nitrogens with zero attached hydrogens (tertiary/aromatic N) is 3. The Morgan fingerprint density at radius 3 is 2.48 bits per heavy atom. The average molecular weight is 447 g/mol. The number of rotatable bonds is 8. The number of aryl methyl sites for hydroxylation is 1. The number of para-hydroxylation sites is 1. The number of methoxy groups -OCH3 is 2. The van der Waals surface area contributed by atoms with Crippen LogP contribution in [0.2, 0.25) is 0 Å². The van der Waals surface area contributed by atoms with Crippen molar-refractivity contribution in [1.29, 1.82) is 0 Å². The van der Waals surface area contributed by atoms with Gasteiger partial charge in [0.25, 0.3) is 11.7 Å². The van der Waals surface area contributed by atoms with Crippen LogP contribution in [0.3, 0.4) is 0 Å². The van der Waals surface area contributed by atoms with E-state index in [4.69, 9.17) is 9.47 Å². The van der Waals surface area contributed by atoms with Gasteiger partial charge in [-0.1, -0.05) is 42.5 Å². The third kappa shape index (κ3) is 4.19. The zero-order valence-corrected chi connectivity index (χ0v) is 18.5. The number of carbonyl (C=O) groups is 2. The highest BCUT2D eigenvalue weighted by molar-refractivity contribution is 6.46. The third-order valence-electron chi connectivity index (χ3n) is 5.69. The number of likely N-dealkylation sites (tertiary alicyclic amines) is 1. The predicted molar refractivity (Wildman–Crippen MR) is 122 cm³/mol. The van der Waals surface area contributed by atoms with Gasteiger partial charge in [0.1, 0.15) is 5.76 Å². The number of imidazole rings is 1. The number of aromatic nitrogens is 2. The Bertz CT molecular complexity index is 1170. The Labute approximate surface area is 191 Å². The first kappa shape index (κ1) is 22.1. The summed E-state index contributed by atoms with van der Waals surface area (Å²) in [6.45, 7) is 0.934. The van der Waals surface area contributed by atoms with E-state index in [2.05, 4.69) is 4.98 Å². The van der Waals surface area contributed by atoms with Crippen molar-refractivity contribution in [3.63, 3.8) is 0 Å². The molecular weight excluding hydrogens is 422 g/mol. The molecule has 1 amide bonds. The number of ether oxygens (including phenoxy) is 2. The van der Waals surface area contributed by atoms with Crippen molar-refractivity contribution in [2.75, 3.05) is 20.8 Å². The fourth-order valence-corrected chi connectivity index (χ4v) is 4.16. The van der Waals surface area contributed by atoms with Gasteiger partial charge in [-0.15, -0.1) is 0 Å². The summed E-state index contributed by atoms with van der Waals surface area (Å²) in [6.07, 6.45) is 5.82. The molecule has 2 heterocycles. The normalized spacial score (nSPS) is 17.4. The van der Waals surface area contributed by atoms with E-state index < -0.39 is 17.7 Å². The molecule has 4 rings (SSSR count). The van der Waals surface area contributed by atoms with Gasteiger partial charge in [0, 0.05) is 36.6 Å². The number of Topliss-reactive ketones (excluding diaryl/α,β-unsaturated/α-hetero) is 1. The van der Waals surface area contributed by atoms with Gasteiger partial charge in [0.2, 0.25) is 0 Å². The van der Waals surface area contributed by atoms with Crippen LogP contribution in [0.1, 0.15) is 23.6 Å². The second-order valence-corrected chi connectivity index (χ2v) is 7.60. The van der Waals surface area contributed by atoms with E-state index in [1.54, 1.807) is 55.0 Å². The van der Waals surface area contributed by atoms with Crippen LogP contribution in [0.25, 0.3) is 5.76 Å². The topological polar surface area (TPSA) is 93.9 Å². The molecule has 0 saturated carbocycles. The molecule has 3 aromatic rings. The largest absolute Gasteiger partial charge is 0.507 e. The van der Waals surface area contributed by atoms with Crippen molar-refractivity contribution < 1.29 is 24.2 Å². The second kappa shape index (κ2) is 9.60. The Hall–Kier alpha value is -4.07. The monoisotopic (exact) mass is 447 g/mol. The van der Waals surface area contributed by atoms with Gasteiger partial charge in [-0.2, -0.15) is 0 Å². The van der Waals surface area contributed by atoms with Gasteiger partial charge in [0.05, 0.1) is 32.2 Å². The lowest BCUT2D eigenvalue weighted by atomic mass is 9.94. The van der Waals surface area contributed by atoms with Crippen molar-refractivity contribution in [1.82, 2.24) is 14.5 Å². The van der Waals surface area contributed by atoms with E-state index in [0.717, 1.165) is 0 Å². The van der Waals surface area contributed by atoms with E-state index in [1.807, 2.05) is 16.8 Å². The summed E-state index contributed by atoms with van der Waals surface area (Å²) in [4.78, 5) is 31.8. The van der Waals surface area contributed by atoms with Crippen LogP contribution in [0.4, 0.5) is 0 Å². The minimum absolute atomic E-state index is 0.0281. The summed E-state index contributed by atoms with van der Waals surface area (Å²) in [5.74, 6) is -0.730. The standard InChI is InChI=1S/C25H25N3O5/c1-32-19-11-6-10-18(24(19)33-2)21-20(22(29)17-8-4-3-5-9-17)23(30)25(31)28(21)14-7-13-27-15-12-26-16-27/h3-6,8-12,15-16,21,29H,7,13-14H2,1-2H3. The number of benzene rings is 2. The highest BCUT2D eigenvalue weighted by Gasteiger charge is 2.47. The molecule has 1 aliphatic rings. The number of hydrogen-bond donors (Lipinski definition) is 1. The Morgan fingerprint density at radius 2 is 1.82 bits per heavy atom. The van der Waals surface area contributed by atoms with Crippen LogP contribution < -0.4 is 9.47 Å². The van der Waals surface area contributed by atoms with E-state index >= 15 is 0 Å². The Kier molecular flexibility index (Phi) is 6.44. The Balaban J connectivity index is 1.81. The highest BCUT2D eigenvalue weighted by Crippen LogP contribution is 2.45. The molecule has 33 heavy (non-hydrogen) atoms. The van der Waals surface area contributed by atoms with Crippen LogP contribution in [-0.2, 0) is 16.1 Å². The van der Waals surface area contributed by atoms with Crippen LogP contribution in [0.5, 0.6) is 11.5 Å². The first-order valence-corrected chi connectivity index (χ1v) is 10.6. The van der Waals surface area contributed by atoms with E-state index in [1.165, 1.54) is 19.1 Å². The molecular formula is C25H25N3O5. The summed E-state index contributed by atoms with van der Waals surface area (Å²) in [7, 11) is 3.03. The molecule has 1 unspecified atom stereocenters. The van der Waals surface area contributed by atoms with Crippen molar-refractivity contribution in [3.8, 4) is 11.5 Å². The molecule has 170 valence electrons. The minimum atomic E-state index is -0.821. The van der Waals surface area contributed by atoms with E-state index in [-0.39, 0.29) is 11.3 Å². The van der Waals surface area contributed by atoms with Gasteiger partial charge < -0.3 is 24.0 Å². The summed E-state index contributed by atoms with van der Waals surface area (Å²) >= 11 is 0. The van der Waals surface area contributed by atoms with Crippen LogP contribution in [0.15, 0.2) is 72.8 Å². The molecule has 1 atom stereocenters. The van der Waals surface area contributed by atoms with Crippen molar-refractivity contribution in [2.45, 2.75) is 19.0 Å². The first-order chi connectivity index (χ1) is 16.1. The van der Waals surface area contributed by atoms with Crippen molar-refractivity contribution in [2.24, 2.45) is 0 Å². The smallest absolute Gasteiger partial charge is 0.295 e. The summed E-state index contributed by atoms with van der Waals surface area (Å²) in [5, 5.41) is 11.1. The molecule has 0 aliphatic carbocycles. The zero-order valence-electron chi connectivity index (χ0n) is 18.5. The minimum Gasteiger partial charge on any atom is -0.507 e. The van der Waals surface area contributed by atoms with Crippen LogP contribution in [0, 0.1) is 0 Å². The molecule has 2 aromatic carbocycles. The summed E-state index contributed by atoms with van der Waals surface area (Å²) < 4.78 is 12.9. The number of aliphatic hydroxyl groups is 1. The fourth-order valence-electron chi connectivity index (χ4n) is 4.16. The molecule has 8 nitrogen and oxygen atoms in total. The number of aliphatic hydroxyl groups excluding tert-OH is 1. The SMILES string of the molecule is COc1cccc(C2C(=C(O)c3ccccc3)C(=O)C(=O)N2CCCn2ccnc2)c1OC. The van der Waals surface area contributed by atoms with Gasteiger partial charge in [-0.05, 0) is 12.5 Å². The maximum Gasteiger partial charge on any atom is 0.295 e.